The third-order valence-electron chi connectivity index (χ3n) is 3.83. The van der Waals surface area contributed by atoms with E-state index in [9.17, 15) is 9.59 Å². The van der Waals surface area contributed by atoms with E-state index in [1.807, 2.05) is 6.92 Å². The zero-order chi connectivity index (χ0) is 18.0. The molecule has 0 fully saturated rings. The van der Waals surface area contributed by atoms with E-state index in [1.165, 1.54) is 7.11 Å². The van der Waals surface area contributed by atoms with E-state index >= 15 is 0 Å². The number of aryl methyl sites for hydroxylation is 1. The lowest BCUT2D eigenvalue weighted by molar-refractivity contribution is 0.0599. The van der Waals surface area contributed by atoms with Gasteiger partial charge in [-0.1, -0.05) is 29.3 Å². The summed E-state index contributed by atoms with van der Waals surface area (Å²) in [4.78, 5) is 27.3. The second kappa shape index (κ2) is 7.28. The molecule has 24 heavy (non-hydrogen) atoms. The van der Waals surface area contributed by atoms with Crippen LogP contribution in [0.25, 0.3) is 0 Å². The van der Waals surface area contributed by atoms with Crippen molar-refractivity contribution in [2.45, 2.75) is 26.8 Å². The normalized spacial score (nSPS) is 11.9. The molecule has 0 aliphatic heterocycles. The van der Waals surface area contributed by atoms with Crippen molar-refractivity contribution in [3.63, 3.8) is 0 Å². The third-order valence-corrected chi connectivity index (χ3v) is 4.39. The van der Waals surface area contributed by atoms with Gasteiger partial charge in [-0.05, 0) is 44.0 Å². The summed E-state index contributed by atoms with van der Waals surface area (Å²) in [5.41, 5.74) is 2.58. The molecule has 7 heteroatoms. The van der Waals surface area contributed by atoms with Gasteiger partial charge in [-0.15, -0.1) is 0 Å². The van der Waals surface area contributed by atoms with Gasteiger partial charge in [-0.25, -0.2) is 4.79 Å². The second-order valence-corrected chi connectivity index (χ2v) is 6.32. The number of aromatic nitrogens is 1. The first-order valence-corrected chi connectivity index (χ1v) is 8.05. The number of ether oxygens (including phenoxy) is 1. The average Bonchev–Trinajstić information content (AvgIpc) is 2.81. The fourth-order valence-corrected chi connectivity index (χ4v) is 3.16. The molecule has 2 rings (SSSR count). The van der Waals surface area contributed by atoms with Gasteiger partial charge < -0.3 is 15.0 Å². The Kier molecular flexibility index (Phi) is 5.57. The smallest absolute Gasteiger partial charge is 0.339 e. The van der Waals surface area contributed by atoms with Crippen LogP contribution in [0.1, 0.15) is 50.6 Å². The molecule has 2 N–H and O–H groups in total. The van der Waals surface area contributed by atoms with Crippen molar-refractivity contribution >= 4 is 35.1 Å². The maximum Gasteiger partial charge on any atom is 0.339 e. The SMILES string of the molecule is COC(=O)c1c(C)[nH]c(C(=O)NC(C)c2ccc(Cl)cc2Cl)c1C. The maximum absolute atomic E-state index is 12.5. The number of hydrogen-bond donors (Lipinski definition) is 2. The fourth-order valence-electron chi connectivity index (χ4n) is 2.58. The number of aromatic amines is 1. The zero-order valence-electron chi connectivity index (χ0n) is 13.8. The molecule has 0 saturated heterocycles. The number of methoxy groups -OCH3 is 1. The van der Waals surface area contributed by atoms with Crippen molar-refractivity contribution in [1.82, 2.24) is 10.3 Å². The van der Waals surface area contributed by atoms with E-state index in [1.54, 1.807) is 32.0 Å². The zero-order valence-corrected chi connectivity index (χ0v) is 15.3. The van der Waals surface area contributed by atoms with Gasteiger partial charge in [0, 0.05) is 15.7 Å². The molecule has 1 amide bonds. The van der Waals surface area contributed by atoms with Gasteiger partial charge in [-0.3, -0.25) is 4.79 Å². The van der Waals surface area contributed by atoms with Crippen LogP contribution >= 0.6 is 23.2 Å². The minimum absolute atomic E-state index is 0.324. The summed E-state index contributed by atoms with van der Waals surface area (Å²) >= 11 is 12.1. The molecule has 1 heterocycles. The Balaban J connectivity index is 2.25. The summed E-state index contributed by atoms with van der Waals surface area (Å²) in [7, 11) is 1.30. The van der Waals surface area contributed by atoms with E-state index in [0.717, 1.165) is 5.56 Å². The van der Waals surface area contributed by atoms with Gasteiger partial charge in [0.15, 0.2) is 0 Å². The Morgan fingerprint density at radius 2 is 1.92 bits per heavy atom. The van der Waals surface area contributed by atoms with Crippen LogP contribution in [0.15, 0.2) is 18.2 Å². The molecular weight excluding hydrogens is 351 g/mol. The molecule has 0 bridgehead atoms. The average molecular weight is 369 g/mol. The first-order valence-electron chi connectivity index (χ1n) is 7.29. The van der Waals surface area contributed by atoms with Crippen molar-refractivity contribution in [2.24, 2.45) is 0 Å². The van der Waals surface area contributed by atoms with Crippen LogP contribution in [0.5, 0.6) is 0 Å². The molecule has 0 aliphatic carbocycles. The van der Waals surface area contributed by atoms with E-state index in [-0.39, 0.29) is 11.9 Å². The molecule has 0 saturated carbocycles. The highest BCUT2D eigenvalue weighted by molar-refractivity contribution is 6.35. The van der Waals surface area contributed by atoms with Gasteiger partial charge in [0.05, 0.1) is 18.7 Å². The highest BCUT2D eigenvalue weighted by atomic mass is 35.5. The first-order chi connectivity index (χ1) is 11.3. The molecule has 2 aromatic rings. The van der Waals surface area contributed by atoms with Gasteiger partial charge in [0.2, 0.25) is 0 Å². The molecule has 128 valence electrons. The van der Waals surface area contributed by atoms with Gasteiger partial charge >= 0.3 is 5.97 Å². The number of esters is 1. The Labute approximate surface area is 150 Å². The van der Waals surface area contributed by atoms with Crippen molar-refractivity contribution in [3.05, 3.63) is 56.3 Å². The van der Waals surface area contributed by atoms with Crippen LogP contribution in [-0.2, 0) is 4.74 Å². The predicted molar refractivity (Wildman–Crippen MR) is 93.9 cm³/mol. The number of H-pyrrole nitrogens is 1. The quantitative estimate of drug-likeness (QED) is 0.793. The van der Waals surface area contributed by atoms with E-state index in [2.05, 4.69) is 10.3 Å². The van der Waals surface area contributed by atoms with E-state index < -0.39 is 5.97 Å². The highest BCUT2D eigenvalue weighted by Gasteiger charge is 2.23. The van der Waals surface area contributed by atoms with Crippen molar-refractivity contribution in [1.29, 1.82) is 0 Å². The Bertz CT molecular complexity index is 799. The molecule has 1 atom stereocenters. The molecule has 0 aliphatic rings. The monoisotopic (exact) mass is 368 g/mol. The minimum atomic E-state index is -0.478. The molecule has 5 nitrogen and oxygen atoms in total. The lowest BCUT2D eigenvalue weighted by atomic mass is 10.1. The highest BCUT2D eigenvalue weighted by Crippen LogP contribution is 2.27. The van der Waals surface area contributed by atoms with Crippen LogP contribution in [0.4, 0.5) is 0 Å². The summed E-state index contributed by atoms with van der Waals surface area (Å²) in [6, 6.07) is 4.78. The number of carbonyl (C=O) groups excluding carboxylic acids is 2. The lowest BCUT2D eigenvalue weighted by Crippen LogP contribution is -2.27. The standard InChI is InChI=1S/C17H18Cl2N2O3/c1-8-14(17(23)24-4)10(3)20-15(8)16(22)21-9(2)12-6-5-11(18)7-13(12)19/h5-7,9,20H,1-4H3,(H,21,22). The van der Waals surface area contributed by atoms with Crippen LogP contribution in [0.2, 0.25) is 10.0 Å². The molecular formula is C17H18Cl2N2O3. The van der Waals surface area contributed by atoms with Crippen LogP contribution in [0.3, 0.4) is 0 Å². The molecule has 0 radical (unpaired) electrons. The number of halogens is 2. The largest absolute Gasteiger partial charge is 0.465 e. The van der Waals surface area contributed by atoms with E-state index in [0.29, 0.717) is 32.6 Å². The maximum atomic E-state index is 12.5. The van der Waals surface area contributed by atoms with Gasteiger partial charge in [-0.2, -0.15) is 0 Å². The number of carbonyl (C=O) groups is 2. The van der Waals surface area contributed by atoms with Crippen molar-refractivity contribution in [2.75, 3.05) is 7.11 Å². The fraction of sp³-hybridized carbons (Fsp3) is 0.294. The third kappa shape index (κ3) is 3.57. The van der Waals surface area contributed by atoms with Crippen LogP contribution in [-0.4, -0.2) is 24.0 Å². The number of benzene rings is 1. The number of hydrogen-bond acceptors (Lipinski definition) is 3. The van der Waals surface area contributed by atoms with Crippen molar-refractivity contribution in [3.8, 4) is 0 Å². The summed E-state index contributed by atoms with van der Waals surface area (Å²) < 4.78 is 4.75. The topological polar surface area (TPSA) is 71.2 Å². The summed E-state index contributed by atoms with van der Waals surface area (Å²) in [5, 5.41) is 3.87. The van der Waals surface area contributed by atoms with Crippen LogP contribution < -0.4 is 5.32 Å². The molecule has 1 aromatic heterocycles. The predicted octanol–water partition coefficient (Wildman–Crippen LogP) is 4.22. The molecule has 0 spiro atoms. The lowest BCUT2D eigenvalue weighted by Gasteiger charge is -2.16. The van der Waals surface area contributed by atoms with Crippen LogP contribution in [0, 0.1) is 13.8 Å². The minimum Gasteiger partial charge on any atom is -0.465 e. The summed E-state index contributed by atoms with van der Waals surface area (Å²) in [6.07, 6.45) is 0. The Morgan fingerprint density at radius 3 is 2.50 bits per heavy atom. The number of nitrogens with one attached hydrogen (secondary N) is 2. The Morgan fingerprint density at radius 1 is 1.25 bits per heavy atom. The molecule has 1 aromatic carbocycles. The molecule has 1 unspecified atom stereocenters. The van der Waals surface area contributed by atoms with Gasteiger partial charge in [0.25, 0.3) is 5.91 Å². The first kappa shape index (κ1) is 18.4. The van der Waals surface area contributed by atoms with Gasteiger partial charge in [0.1, 0.15) is 5.69 Å². The van der Waals surface area contributed by atoms with E-state index in [4.69, 9.17) is 27.9 Å². The Hall–Kier alpha value is -1.98. The number of rotatable bonds is 4. The summed E-state index contributed by atoms with van der Waals surface area (Å²) in [5.74, 6) is -0.807. The number of amides is 1. The summed E-state index contributed by atoms with van der Waals surface area (Å²) in [6.45, 7) is 5.24. The van der Waals surface area contributed by atoms with Crippen molar-refractivity contribution < 1.29 is 14.3 Å². The second-order valence-electron chi connectivity index (χ2n) is 5.48.